The van der Waals surface area contributed by atoms with Crippen molar-refractivity contribution in [2.24, 2.45) is 0 Å². The fraction of sp³-hybridized carbons (Fsp3) is 0.400. The molecule has 2 rings (SSSR count). The standard InChI is InChI=1S/C20H26O4S2/c1-17-11-5-7-13-19(17)25(21,22)15-9-3-4-10-16-26(23,24)20-14-8-6-12-18(20)2/h5-8,11-14H,3-4,9-10,15-16H2,1-2H3. The molecule has 0 saturated heterocycles. The molecule has 142 valence electrons. The molecule has 0 spiro atoms. The lowest BCUT2D eigenvalue weighted by molar-refractivity contribution is 0.581. The van der Waals surface area contributed by atoms with Gasteiger partial charge in [0.15, 0.2) is 19.7 Å². The molecule has 0 unspecified atom stereocenters. The highest BCUT2D eigenvalue weighted by molar-refractivity contribution is 7.91. The molecule has 26 heavy (non-hydrogen) atoms. The molecule has 4 nitrogen and oxygen atoms in total. The zero-order valence-corrected chi connectivity index (χ0v) is 16.9. The second-order valence-corrected chi connectivity index (χ2v) is 10.7. The lowest BCUT2D eigenvalue weighted by Crippen LogP contribution is -2.10. The van der Waals surface area contributed by atoms with Gasteiger partial charge in [-0.2, -0.15) is 0 Å². The molecule has 0 atom stereocenters. The summed E-state index contributed by atoms with van der Waals surface area (Å²) < 4.78 is 49.5. The van der Waals surface area contributed by atoms with E-state index in [9.17, 15) is 16.8 Å². The van der Waals surface area contributed by atoms with E-state index in [2.05, 4.69) is 0 Å². The van der Waals surface area contributed by atoms with Crippen molar-refractivity contribution in [2.45, 2.75) is 49.3 Å². The highest BCUT2D eigenvalue weighted by Crippen LogP contribution is 2.19. The van der Waals surface area contributed by atoms with Gasteiger partial charge in [-0.1, -0.05) is 49.2 Å². The second-order valence-electron chi connectivity index (χ2n) is 6.58. The average Bonchev–Trinajstić information content (AvgIpc) is 2.58. The number of hydrogen-bond acceptors (Lipinski definition) is 4. The first-order chi connectivity index (χ1) is 12.2. The fourth-order valence-electron chi connectivity index (χ4n) is 2.97. The van der Waals surface area contributed by atoms with Gasteiger partial charge in [0.05, 0.1) is 21.3 Å². The van der Waals surface area contributed by atoms with Gasteiger partial charge in [0.1, 0.15) is 0 Å². The van der Waals surface area contributed by atoms with Gasteiger partial charge in [-0.05, 0) is 49.9 Å². The maximum atomic E-state index is 12.4. The number of aryl methyl sites for hydroxylation is 2. The molecule has 0 amide bonds. The predicted octanol–water partition coefficient (Wildman–Crippen LogP) is 4.11. The van der Waals surface area contributed by atoms with Crippen molar-refractivity contribution in [2.75, 3.05) is 11.5 Å². The van der Waals surface area contributed by atoms with E-state index in [1.54, 1.807) is 50.2 Å². The summed E-state index contributed by atoms with van der Waals surface area (Å²) in [6.45, 7) is 3.59. The van der Waals surface area contributed by atoms with E-state index >= 15 is 0 Å². The summed E-state index contributed by atoms with van der Waals surface area (Å²) in [5.41, 5.74) is 1.52. The van der Waals surface area contributed by atoms with Gasteiger partial charge in [-0.3, -0.25) is 0 Å². The van der Waals surface area contributed by atoms with Crippen LogP contribution in [0.5, 0.6) is 0 Å². The smallest absolute Gasteiger partial charge is 0.178 e. The van der Waals surface area contributed by atoms with E-state index in [-0.39, 0.29) is 11.5 Å². The summed E-state index contributed by atoms with van der Waals surface area (Å²) in [6.07, 6.45) is 2.49. The minimum atomic E-state index is -3.27. The average molecular weight is 395 g/mol. The highest BCUT2D eigenvalue weighted by atomic mass is 32.2. The Kier molecular flexibility index (Phi) is 7.01. The molecule has 0 radical (unpaired) electrons. The van der Waals surface area contributed by atoms with E-state index < -0.39 is 19.7 Å². The summed E-state index contributed by atoms with van der Waals surface area (Å²) in [7, 11) is -6.55. The fourth-order valence-corrected chi connectivity index (χ4v) is 6.27. The second kappa shape index (κ2) is 8.82. The molecule has 0 N–H and O–H groups in total. The predicted molar refractivity (Wildman–Crippen MR) is 105 cm³/mol. The molecule has 0 aliphatic rings. The van der Waals surface area contributed by atoms with Crippen LogP contribution in [0.3, 0.4) is 0 Å². The summed E-state index contributed by atoms with van der Waals surface area (Å²) in [4.78, 5) is 0.782. The van der Waals surface area contributed by atoms with Crippen LogP contribution in [0.2, 0.25) is 0 Å². The number of unbranched alkanes of at least 4 members (excludes halogenated alkanes) is 3. The van der Waals surface area contributed by atoms with Gasteiger partial charge in [0.25, 0.3) is 0 Å². The number of benzene rings is 2. The third kappa shape index (κ3) is 5.42. The molecule has 0 aliphatic heterocycles. The molecule has 0 bridgehead atoms. The lowest BCUT2D eigenvalue weighted by Gasteiger charge is -2.08. The van der Waals surface area contributed by atoms with E-state index in [1.807, 2.05) is 12.1 Å². The molecule has 0 saturated carbocycles. The van der Waals surface area contributed by atoms with Crippen molar-refractivity contribution in [3.05, 3.63) is 59.7 Å². The van der Waals surface area contributed by atoms with Gasteiger partial charge in [-0.25, -0.2) is 16.8 Å². The maximum Gasteiger partial charge on any atom is 0.178 e. The Labute approximate surface area is 157 Å². The van der Waals surface area contributed by atoms with Gasteiger partial charge >= 0.3 is 0 Å². The normalized spacial score (nSPS) is 12.2. The molecule has 2 aromatic rings. The summed E-state index contributed by atoms with van der Waals surface area (Å²) in [5, 5.41) is 0. The Morgan fingerprint density at radius 1 is 0.577 bits per heavy atom. The number of hydrogen-bond donors (Lipinski definition) is 0. The van der Waals surface area contributed by atoms with Crippen LogP contribution in [0.4, 0.5) is 0 Å². The van der Waals surface area contributed by atoms with Crippen LogP contribution >= 0.6 is 0 Å². The number of sulfone groups is 2. The molecular weight excluding hydrogens is 368 g/mol. The monoisotopic (exact) mass is 394 g/mol. The highest BCUT2D eigenvalue weighted by Gasteiger charge is 2.17. The van der Waals surface area contributed by atoms with Gasteiger partial charge in [0.2, 0.25) is 0 Å². The Morgan fingerprint density at radius 3 is 1.27 bits per heavy atom. The van der Waals surface area contributed by atoms with Crippen molar-refractivity contribution in [3.8, 4) is 0 Å². The Balaban J connectivity index is 1.79. The van der Waals surface area contributed by atoms with Crippen LogP contribution in [0.15, 0.2) is 58.3 Å². The quantitative estimate of drug-likeness (QED) is 0.600. The first-order valence-corrected chi connectivity index (χ1v) is 12.1. The molecule has 0 fully saturated rings. The van der Waals surface area contributed by atoms with Crippen molar-refractivity contribution in [1.82, 2.24) is 0 Å². The van der Waals surface area contributed by atoms with Crippen molar-refractivity contribution >= 4 is 19.7 Å². The maximum absolute atomic E-state index is 12.4. The van der Waals surface area contributed by atoms with E-state index in [4.69, 9.17) is 0 Å². The van der Waals surface area contributed by atoms with Crippen LogP contribution in [0, 0.1) is 13.8 Å². The topological polar surface area (TPSA) is 68.3 Å². The zero-order chi connectivity index (χ0) is 19.2. The van der Waals surface area contributed by atoms with Gasteiger partial charge in [-0.15, -0.1) is 0 Å². The van der Waals surface area contributed by atoms with Gasteiger partial charge < -0.3 is 0 Å². The SMILES string of the molecule is Cc1ccccc1S(=O)(=O)CCCCCCS(=O)(=O)c1ccccc1C. The Morgan fingerprint density at radius 2 is 0.923 bits per heavy atom. The summed E-state index contributed by atoms with van der Waals surface area (Å²) in [6, 6.07) is 14.0. The van der Waals surface area contributed by atoms with Crippen LogP contribution in [-0.4, -0.2) is 28.3 Å². The first-order valence-electron chi connectivity index (χ1n) is 8.81. The summed E-state index contributed by atoms with van der Waals surface area (Å²) in [5.74, 6) is 0.199. The van der Waals surface area contributed by atoms with Crippen LogP contribution < -0.4 is 0 Å². The third-order valence-corrected chi connectivity index (χ3v) is 8.34. The Hall–Kier alpha value is -1.66. The minimum Gasteiger partial charge on any atom is -0.224 e. The van der Waals surface area contributed by atoms with Gasteiger partial charge in [0, 0.05) is 0 Å². The molecule has 0 aromatic heterocycles. The molecule has 0 aliphatic carbocycles. The number of rotatable bonds is 9. The molecule has 2 aromatic carbocycles. The lowest BCUT2D eigenvalue weighted by atomic mass is 10.2. The van der Waals surface area contributed by atoms with Crippen LogP contribution in [0.1, 0.15) is 36.8 Å². The summed E-state index contributed by atoms with van der Waals surface area (Å²) >= 11 is 0. The van der Waals surface area contributed by atoms with E-state index in [0.717, 1.165) is 11.1 Å². The van der Waals surface area contributed by atoms with Crippen molar-refractivity contribution in [3.63, 3.8) is 0 Å². The van der Waals surface area contributed by atoms with Crippen LogP contribution in [-0.2, 0) is 19.7 Å². The van der Waals surface area contributed by atoms with Crippen molar-refractivity contribution < 1.29 is 16.8 Å². The van der Waals surface area contributed by atoms with Crippen molar-refractivity contribution in [1.29, 1.82) is 0 Å². The largest absolute Gasteiger partial charge is 0.224 e. The first kappa shape index (κ1) is 20.6. The van der Waals surface area contributed by atoms with Crippen LogP contribution in [0.25, 0.3) is 0 Å². The molecule has 6 heteroatoms. The zero-order valence-electron chi connectivity index (χ0n) is 15.3. The van der Waals surface area contributed by atoms with E-state index in [0.29, 0.717) is 35.5 Å². The molecular formula is C20H26O4S2. The minimum absolute atomic E-state index is 0.0996. The van der Waals surface area contributed by atoms with E-state index in [1.165, 1.54) is 0 Å². The molecule has 0 heterocycles. The third-order valence-electron chi connectivity index (χ3n) is 4.43. The Bertz CT molecular complexity index is 866.